The first-order valence-corrected chi connectivity index (χ1v) is 9.05. The molecule has 3 nitrogen and oxygen atoms in total. The van der Waals surface area contributed by atoms with E-state index in [1.165, 1.54) is 11.3 Å². The van der Waals surface area contributed by atoms with Crippen LogP contribution in [0.1, 0.15) is 5.56 Å². The highest BCUT2D eigenvalue weighted by atomic mass is 79.9. The van der Waals surface area contributed by atoms with Crippen molar-refractivity contribution >= 4 is 38.2 Å². The second-order valence-electron chi connectivity index (χ2n) is 5.43. The Balaban J connectivity index is 1.91. The Labute approximate surface area is 150 Å². The van der Waals surface area contributed by atoms with Crippen molar-refractivity contribution in [3.8, 4) is 21.8 Å². The summed E-state index contributed by atoms with van der Waals surface area (Å²) in [6.07, 6.45) is 0. The van der Waals surface area contributed by atoms with Crippen molar-refractivity contribution in [2.75, 3.05) is 0 Å². The topological polar surface area (TPSA) is 43.1 Å². The lowest BCUT2D eigenvalue weighted by Gasteiger charge is -2.06. The molecule has 5 heteroatoms. The summed E-state index contributed by atoms with van der Waals surface area (Å²) >= 11 is 4.99. The molecule has 0 aliphatic rings. The summed E-state index contributed by atoms with van der Waals surface area (Å²) in [4.78, 5) is 17.1. The summed E-state index contributed by atoms with van der Waals surface area (Å²) in [5.41, 5.74) is 3.34. The lowest BCUT2D eigenvalue weighted by molar-refractivity contribution is 0.562. The Morgan fingerprint density at radius 1 is 1.12 bits per heavy atom. The van der Waals surface area contributed by atoms with E-state index in [9.17, 15) is 4.79 Å². The van der Waals surface area contributed by atoms with Gasteiger partial charge in [-0.25, -0.2) is 9.78 Å². The van der Waals surface area contributed by atoms with E-state index in [0.29, 0.717) is 16.8 Å². The van der Waals surface area contributed by atoms with Crippen molar-refractivity contribution in [2.45, 2.75) is 6.92 Å². The molecule has 0 unspecified atom stereocenters. The minimum atomic E-state index is -0.354. The molecular weight excluding hydrogens is 386 g/mol. The number of hydrogen-bond donors (Lipinski definition) is 0. The van der Waals surface area contributed by atoms with E-state index < -0.39 is 0 Å². The van der Waals surface area contributed by atoms with Gasteiger partial charge in [0.1, 0.15) is 10.6 Å². The van der Waals surface area contributed by atoms with Crippen LogP contribution in [0.3, 0.4) is 0 Å². The highest BCUT2D eigenvalue weighted by molar-refractivity contribution is 9.10. The van der Waals surface area contributed by atoms with E-state index in [-0.39, 0.29) is 5.63 Å². The molecule has 0 bridgehead atoms. The SMILES string of the molecule is Cc1c(-c2csc(-c3ccccc3)n2)c(=O)oc2ccc(Br)cc12. The molecule has 4 aromatic rings. The van der Waals surface area contributed by atoms with Gasteiger partial charge in [0.2, 0.25) is 0 Å². The number of aromatic nitrogens is 1. The predicted octanol–water partition coefficient (Wildman–Crippen LogP) is 5.65. The van der Waals surface area contributed by atoms with Gasteiger partial charge in [0.05, 0.1) is 11.3 Å². The van der Waals surface area contributed by atoms with Crippen molar-refractivity contribution < 1.29 is 4.42 Å². The molecular formula is C19H12BrNO2S. The number of aryl methyl sites for hydroxylation is 1. The number of thiazole rings is 1. The monoisotopic (exact) mass is 397 g/mol. The standard InChI is InChI=1S/C19H12BrNO2S/c1-11-14-9-13(20)7-8-16(14)23-19(22)17(11)15-10-24-18(21-15)12-5-3-2-4-6-12/h2-10H,1H3. The number of halogens is 1. The smallest absolute Gasteiger partial charge is 0.346 e. The van der Waals surface area contributed by atoms with Gasteiger partial charge in [-0.1, -0.05) is 46.3 Å². The van der Waals surface area contributed by atoms with Crippen LogP contribution in [0.25, 0.3) is 32.8 Å². The van der Waals surface area contributed by atoms with Gasteiger partial charge in [0, 0.05) is 20.8 Å². The van der Waals surface area contributed by atoms with Gasteiger partial charge in [-0.3, -0.25) is 0 Å². The third-order valence-corrected chi connectivity index (χ3v) is 5.29. The molecule has 0 N–H and O–H groups in total. The Morgan fingerprint density at radius 2 is 1.92 bits per heavy atom. The fourth-order valence-electron chi connectivity index (χ4n) is 2.72. The molecule has 0 spiro atoms. The lowest BCUT2D eigenvalue weighted by atomic mass is 10.0. The van der Waals surface area contributed by atoms with Crippen molar-refractivity contribution in [3.05, 3.63) is 74.4 Å². The molecule has 118 valence electrons. The molecule has 2 aromatic carbocycles. The number of fused-ring (bicyclic) bond motifs is 1. The molecule has 0 atom stereocenters. The minimum absolute atomic E-state index is 0.354. The summed E-state index contributed by atoms with van der Waals surface area (Å²) < 4.78 is 6.43. The molecule has 2 heterocycles. The number of benzene rings is 2. The van der Waals surface area contributed by atoms with Crippen LogP contribution >= 0.6 is 27.3 Å². The number of nitrogens with zero attached hydrogens (tertiary/aromatic N) is 1. The maximum atomic E-state index is 12.5. The Bertz CT molecular complexity index is 1100. The van der Waals surface area contributed by atoms with Crippen molar-refractivity contribution in [2.24, 2.45) is 0 Å². The average Bonchev–Trinajstić information content (AvgIpc) is 3.06. The summed E-state index contributed by atoms with van der Waals surface area (Å²) in [6, 6.07) is 15.6. The van der Waals surface area contributed by atoms with E-state index in [4.69, 9.17) is 4.42 Å². The van der Waals surface area contributed by atoms with Crippen LogP contribution in [-0.4, -0.2) is 4.98 Å². The van der Waals surface area contributed by atoms with Gasteiger partial charge < -0.3 is 4.42 Å². The first kappa shape index (κ1) is 15.3. The highest BCUT2D eigenvalue weighted by Crippen LogP contribution is 2.32. The summed E-state index contributed by atoms with van der Waals surface area (Å²) in [5, 5.41) is 3.71. The van der Waals surface area contributed by atoms with Gasteiger partial charge in [-0.2, -0.15) is 0 Å². The second-order valence-corrected chi connectivity index (χ2v) is 7.21. The van der Waals surface area contributed by atoms with Crippen LogP contribution in [0, 0.1) is 6.92 Å². The van der Waals surface area contributed by atoms with E-state index in [0.717, 1.165) is 26.0 Å². The quantitative estimate of drug-likeness (QED) is 0.410. The molecule has 0 saturated carbocycles. The van der Waals surface area contributed by atoms with Gasteiger partial charge in [-0.05, 0) is 30.7 Å². The molecule has 0 amide bonds. The maximum Gasteiger partial charge on any atom is 0.346 e. The summed E-state index contributed by atoms with van der Waals surface area (Å²) in [6.45, 7) is 1.93. The zero-order valence-corrected chi connectivity index (χ0v) is 15.1. The van der Waals surface area contributed by atoms with Crippen LogP contribution in [0.4, 0.5) is 0 Å². The van der Waals surface area contributed by atoms with Crippen LogP contribution < -0.4 is 5.63 Å². The third kappa shape index (κ3) is 2.60. The van der Waals surface area contributed by atoms with Crippen molar-refractivity contribution in [1.82, 2.24) is 4.98 Å². The average molecular weight is 398 g/mol. The second kappa shape index (κ2) is 6.00. The maximum absolute atomic E-state index is 12.5. The molecule has 0 fully saturated rings. The zero-order chi connectivity index (χ0) is 16.7. The molecule has 2 aromatic heterocycles. The zero-order valence-electron chi connectivity index (χ0n) is 12.7. The van der Waals surface area contributed by atoms with Gasteiger partial charge in [0.25, 0.3) is 0 Å². The fraction of sp³-hybridized carbons (Fsp3) is 0.0526. The molecule has 0 aliphatic heterocycles. The van der Waals surface area contributed by atoms with Crippen LogP contribution in [0.2, 0.25) is 0 Å². The van der Waals surface area contributed by atoms with Gasteiger partial charge in [0.15, 0.2) is 0 Å². The third-order valence-electron chi connectivity index (χ3n) is 3.91. The van der Waals surface area contributed by atoms with Gasteiger partial charge >= 0.3 is 5.63 Å². The molecule has 4 rings (SSSR count). The van der Waals surface area contributed by atoms with E-state index in [1.807, 2.05) is 54.8 Å². The van der Waals surface area contributed by atoms with Crippen molar-refractivity contribution in [1.29, 1.82) is 0 Å². The molecule has 0 radical (unpaired) electrons. The Morgan fingerprint density at radius 3 is 2.71 bits per heavy atom. The fourth-order valence-corrected chi connectivity index (χ4v) is 3.90. The van der Waals surface area contributed by atoms with Crippen LogP contribution in [0.15, 0.2) is 67.6 Å². The normalized spacial score (nSPS) is 11.1. The first-order valence-electron chi connectivity index (χ1n) is 7.38. The van der Waals surface area contributed by atoms with Crippen LogP contribution in [0.5, 0.6) is 0 Å². The molecule has 0 saturated heterocycles. The minimum Gasteiger partial charge on any atom is -0.422 e. The predicted molar refractivity (Wildman–Crippen MR) is 101 cm³/mol. The number of hydrogen-bond acceptors (Lipinski definition) is 4. The largest absolute Gasteiger partial charge is 0.422 e. The molecule has 24 heavy (non-hydrogen) atoms. The lowest BCUT2D eigenvalue weighted by Crippen LogP contribution is -2.06. The van der Waals surface area contributed by atoms with Crippen LogP contribution in [-0.2, 0) is 0 Å². The van der Waals surface area contributed by atoms with E-state index in [2.05, 4.69) is 20.9 Å². The summed E-state index contributed by atoms with van der Waals surface area (Å²) in [7, 11) is 0. The van der Waals surface area contributed by atoms with E-state index in [1.54, 1.807) is 6.07 Å². The first-order chi connectivity index (χ1) is 11.6. The highest BCUT2D eigenvalue weighted by Gasteiger charge is 2.16. The van der Waals surface area contributed by atoms with Gasteiger partial charge in [-0.15, -0.1) is 11.3 Å². The van der Waals surface area contributed by atoms with E-state index >= 15 is 0 Å². The Kier molecular flexibility index (Phi) is 3.82. The number of rotatable bonds is 2. The molecule has 0 aliphatic carbocycles. The van der Waals surface area contributed by atoms with Crippen molar-refractivity contribution in [3.63, 3.8) is 0 Å². The summed E-state index contributed by atoms with van der Waals surface area (Å²) in [5.74, 6) is 0. The Hall–Kier alpha value is -2.24.